The zero-order chi connectivity index (χ0) is 14.2. The van der Waals surface area contributed by atoms with Crippen molar-refractivity contribution in [2.45, 2.75) is 38.8 Å². The second-order valence-corrected chi connectivity index (χ2v) is 5.51. The van der Waals surface area contributed by atoms with Gasteiger partial charge in [0.1, 0.15) is 0 Å². The minimum atomic E-state index is 0.450. The third-order valence-electron chi connectivity index (χ3n) is 4.08. The van der Waals surface area contributed by atoms with Crippen molar-refractivity contribution in [1.29, 1.82) is 0 Å². The topological polar surface area (TPSA) is 24.5 Å². The molecule has 0 saturated carbocycles. The number of piperazine rings is 1. The van der Waals surface area contributed by atoms with Crippen molar-refractivity contribution >= 4 is 0 Å². The summed E-state index contributed by atoms with van der Waals surface area (Å²) in [4.78, 5) is 2.60. The maximum absolute atomic E-state index is 5.54. The van der Waals surface area contributed by atoms with E-state index >= 15 is 0 Å². The van der Waals surface area contributed by atoms with E-state index in [1.807, 2.05) is 0 Å². The van der Waals surface area contributed by atoms with Gasteiger partial charge in [0.2, 0.25) is 0 Å². The summed E-state index contributed by atoms with van der Waals surface area (Å²) in [5.74, 6) is 0. The van der Waals surface area contributed by atoms with E-state index in [0.717, 1.165) is 32.8 Å². The number of nitrogens with one attached hydrogen (secondary N) is 1. The van der Waals surface area contributed by atoms with E-state index < -0.39 is 0 Å². The molecule has 2 atom stereocenters. The van der Waals surface area contributed by atoms with Crippen LogP contribution in [0.4, 0.5) is 0 Å². The summed E-state index contributed by atoms with van der Waals surface area (Å²) in [6, 6.07) is 11.9. The normalized spacial score (nSPS) is 23.9. The number of rotatable bonds is 7. The molecule has 1 aliphatic heterocycles. The maximum Gasteiger partial charge on any atom is 0.0593 e. The molecule has 0 aliphatic carbocycles. The van der Waals surface area contributed by atoms with Crippen molar-refractivity contribution in [3.05, 3.63) is 35.9 Å². The lowest BCUT2D eigenvalue weighted by atomic mass is 10.00. The van der Waals surface area contributed by atoms with Crippen LogP contribution in [-0.2, 0) is 4.74 Å². The fourth-order valence-electron chi connectivity index (χ4n) is 2.98. The van der Waals surface area contributed by atoms with Crippen LogP contribution < -0.4 is 5.32 Å². The van der Waals surface area contributed by atoms with E-state index in [9.17, 15) is 0 Å². The number of ether oxygens (including phenoxy) is 1. The lowest BCUT2D eigenvalue weighted by Gasteiger charge is -2.40. The molecule has 2 unspecified atom stereocenters. The van der Waals surface area contributed by atoms with E-state index in [2.05, 4.69) is 54.4 Å². The summed E-state index contributed by atoms with van der Waals surface area (Å²) in [6.45, 7) is 9.20. The Bertz CT molecular complexity index is 369. The Balaban J connectivity index is 1.95. The standard InChI is InChI=1S/C17H28N2O/c1-3-8-16-13-18-17(15-9-6-5-7-10-15)14-19(16)11-12-20-4-2/h5-7,9-10,16-18H,3-4,8,11-14H2,1-2H3. The molecule has 1 aromatic rings. The molecule has 0 amide bonds. The molecule has 1 saturated heterocycles. The van der Waals surface area contributed by atoms with Crippen molar-refractivity contribution in [2.75, 3.05) is 32.8 Å². The second-order valence-electron chi connectivity index (χ2n) is 5.51. The number of hydrogen-bond donors (Lipinski definition) is 1. The highest BCUT2D eigenvalue weighted by molar-refractivity contribution is 5.20. The fourth-order valence-corrected chi connectivity index (χ4v) is 2.98. The van der Waals surface area contributed by atoms with E-state index in [4.69, 9.17) is 4.74 Å². The molecule has 1 aliphatic rings. The Kier molecular flexibility index (Phi) is 6.51. The van der Waals surface area contributed by atoms with Gasteiger partial charge in [0.25, 0.3) is 0 Å². The van der Waals surface area contributed by atoms with Crippen LogP contribution in [0.2, 0.25) is 0 Å². The highest BCUT2D eigenvalue weighted by Crippen LogP contribution is 2.21. The summed E-state index contributed by atoms with van der Waals surface area (Å²) in [7, 11) is 0. The lowest BCUT2D eigenvalue weighted by molar-refractivity contribution is 0.0669. The van der Waals surface area contributed by atoms with Gasteiger partial charge in [-0.25, -0.2) is 0 Å². The van der Waals surface area contributed by atoms with Crippen LogP contribution in [0, 0.1) is 0 Å². The van der Waals surface area contributed by atoms with Gasteiger partial charge in [0.05, 0.1) is 6.61 Å². The third kappa shape index (κ3) is 4.30. The Morgan fingerprint density at radius 3 is 2.75 bits per heavy atom. The first kappa shape index (κ1) is 15.5. The minimum Gasteiger partial charge on any atom is -0.380 e. The predicted molar refractivity (Wildman–Crippen MR) is 83.9 cm³/mol. The summed E-state index contributed by atoms with van der Waals surface area (Å²) < 4.78 is 5.54. The minimum absolute atomic E-state index is 0.450. The molecule has 3 nitrogen and oxygen atoms in total. The molecule has 20 heavy (non-hydrogen) atoms. The molecule has 0 bridgehead atoms. The van der Waals surface area contributed by atoms with Gasteiger partial charge in [0, 0.05) is 38.3 Å². The Labute approximate surface area is 123 Å². The highest BCUT2D eigenvalue weighted by atomic mass is 16.5. The smallest absolute Gasteiger partial charge is 0.0593 e. The molecule has 1 N–H and O–H groups in total. The van der Waals surface area contributed by atoms with Crippen LogP contribution in [0.3, 0.4) is 0 Å². The van der Waals surface area contributed by atoms with Crippen molar-refractivity contribution in [2.24, 2.45) is 0 Å². The monoisotopic (exact) mass is 276 g/mol. The molecule has 1 fully saturated rings. The third-order valence-corrected chi connectivity index (χ3v) is 4.08. The number of benzene rings is 1. The summed E-state index contributed by atoms with van der Waals surface area (Å²) in [6.07, 6.45) is 2.51. The van der Waals surface area contributed by atoms with Crippen LogP contribution in [0.25, 0.3) is 0 Å². The highest BCUT2D eigenvalue weighted by Gasteiger charge is 2.27. The van der Waals surface area contributed by atoms with Crippen LogP contribution in [-0.4, -0.2) is 43.8 Å². The van der Waals surface area contributed by atoms with Gasteiger partial charge < -0.3 is 10.1 Å². The molecule has 0 radical (unpaired) electrons. The Morgan fingerprint density at radius 1 is 1.25 bits per heavy atom. The summed E-state index contributed by atoms with van der Waals surface area (Å²) >= 11 is 0. The van der Waals surface area contributed by atoms with Gasteiger partial charge in [-0.15, -0.1) is 0 Å². The fraction of sp³-hybridized carbons (Fsp3) is 0.647. The lowest BCUT2D eigenvalue weighted by Crippen LogP contribution is -2.53. The first-order valence-electron chi connectivity index (χ1n) is 7.95. The second kappa shape index (κ2) is 8.40. The van der Waals surface area contributed by atoms with Crippen molar-refractivity contribution < 1.29 is 4.74 Å². The van der Waals surface area contributed by atoms with Gasteiger partial charge in [-0.1, -0.05) is 43.7 Å². The molecular formula is C17H28N2O. The molecule has 0 spiro atoms. The van der Waals surface area contributed by atoms with E-state index in [-0.39, 0.29) is 0 Å². The zero-order valence-corrected chi connectivity index (χ0v) is 12.8. The summed E-state index contributed by atoms with van der Waals surface area (Å²) in [5, 5.41) is 3.71. The van der Waals surface area contributed by atoms with E-state index in [0.29, 0.717) is 12.1 Å². The summed E-state index contributed by atoms with van der Waals surface area (Å²) in [5.41, 5.74) is 1.39. The average Bonchev–Trinajstić information content (AvgIpc) is 2.50. The van der Waals surface area contributed by atoms with Gasteiger partial charge in [0.15, 0.2) is 0 Å². The number of nitrogens with zero attached hydrogens (tertiary/aromatic N) is 1. The predicted octanol–water partition coefficient (Wildman–Crippen LogP) is 2.84. The molecular weight excluding hydrogens is 248 g/mol. The quantitative estimate of drug-likeness (QED) is 0.775. The number of hydrogen-bond acceptors (Lipinski definition) is 3. The van der Waals surface area contributed by atoms with E-state index in [1.54, 1.807) is 0 Å². The SMILES string of the molecule is CCCC1CNC(c2ccccc2)CN1CCOCC. The Morgan fingerprint density at radius 2 is 2.05 bits per heavy atom. The van der Waals surface area contributed by atoms with Gasteiger partial charge in [-0.05, 0) is 18.9 Å². The van der Waals surface area contributed by atoms with Gasteiger partial charge in [-0.2, -0.15) is 0 Å². The zero-order valence-electron chi connectivity index (χ0n) is 12.8. The molecule has 3 heteroatoms. The average molecular weight is 276 g/mol. The Hall–Kier alpha value is -0.900. The molecule has 1 aromatic carbocycles. The molecule has 0 aromatic heterocycles. The largest absolute Gasteiger partial charge is 0.380 e. The van der Waals surface area contributed by atoms with E-state index in [1.165, 1.54) is 18.4 Å². The maximum atomic E-state index is 5.54. The van der Waals surface area contributed by atoms with Crippen LogP contribution >= 0.6 is 0 Å². The van der Waals surface area contributed by atoms with Crippen LogP contribution in [0.5, 0.6) is 0 Å². The van der Waals surface area contributed by atoms with Gasteiger partial charge in [-0.3, -0.25) is 4.90 Å². The van der Waals surface area contributed by atoms with Crippen molar-refractivity contribution in [1.82, 2.24) is 10.2 Å². The van der Waals surface area contributed by atoms with Crippen LogP contribution in [0.15, 0.2) is 30.3 Å². The molecule has 1 heterocycles. The van der Waals surface area contributed by atoms with Crippen molar-refractivity contribution in [3.8, 4) is 0 Å². The first-order valence-corrected chi connectivity index (χ1v) is 7.95. The van der Waals surface area contributed by atoms with Crippen LogP contribution in [0.1, 0.15) is 38.3 Å². The van der Waals surface area contributed by atoms with Crippen molar-refractivity contribution in [3.63, 3.8) is 0 Å². The van der Waals surface area contributed by atoms with Gasteiger partial charge >= 0.3 is 0 Å². The molecule has 112 valence electrons. The first-order chi connectivity index (χ1) is 9.85. The molecule has 2 rings (SSSR count).